The van der Waals surface area contributed by atoms with Crippen molar-refractivity contribution in [1.82, 2.24) is 0 Å². The van der Waals surface area contributed by atoms with Gasteiger partial charge >= 0.3 is 17.9 Å². The van der Waals surface area contributed by atoms with E-state index in [1.54, 1.807) is 0 Å². The molecule has 0 aromatic heterocycles. The maximum absolute atomic E-state index is 12.8. The van der Waals surface area contributed by atoms with E-state index in [9.17, 15) is 14.4 Å². The van der Waals surface area contributed by atoms with Crippen LogP contribution in [0.25, 0.3) is 0 Å². The molecule has 0 aromatic rings. The Kier molecular flexibility index (Phi) is 49.8. The molecule has 0 fully saturated rings. The molecule has 6 nitrogen and oxygen atoms in total. The Morgan fingerprint density at radius 3 is 0.952 bits per heavy atom. The highest BCUT2D eigenvalue weighted by molar-refractivity contribution is 5.71. The molecule has 0 amide bonds. The highest BCUT2D eigenvalue weighted by Crippen LogP contribution is 2.15. The van der Waals surface area contributed by atoms with Crippen molar-refractivity contribution in [1.29, 1.82) is 0 Å². The van der Waals surface area contributed by atoms with Gasteiger partial charge in [-0.15, -0.1) is 0 Å². The molecule has 1 atom stereocenters. The van der Waals surface area contributed by atoms with E-state index in [0.29, 0.717) is 19.3 Å². The first-order valence-electron chi connectivity index (χ1n) is 27.1. The largest absolute Gasteiger partial charge is 0.462 e. The number of ether oxygens (including phenoxy) is 3. The number of esters is 3. The normalized spacial score (nSPS) is 12.4. The molecule has 0 aliphatic heterocycles. The Labute approximate surface area is 390 Å². The SMILES string of the molecule is CCCC/C=C\C/C=C\CCCCCCCC(=O)OC(COC(=O)CCCCCCC/C=C\CCCCCC)COC(=O)CCCCCCCCC/C=C\CCCCCCCCC. The van der Waals surface area contributed by atoms with Crippen LogP contribution in [0, 0.1) is 0 Å². The summed E-state index contributed by atoms with van der Waals surface area (Å²) in [7, 11) is 0. The molecule has 0 aliphatic rings. The Morgan fingerprint density at radius 1 is 0.317 bits per heavy atom. The molecule has 0 saturated carbocycles. The monoisotopic (exact) mass is 883 g/mol. The van der Waals surface area contributed by atoms with Gasteiger partial charge in [-0.05, 0) is 96.3 Å². The van der Waals surface area contributed by atoms with E-state index in [4.69, 9.17) is 14.2 Å². The van der Waals surface area contributed by atoms with Gasteiger partial charge < -0.3 is 14.2 Å². The average molecular weight is 883 g/mol. The first-order valence-corrected chi connectivity index (χ1v) is 27.1. The Hall–Kier alpha value is -2.63. The molecule has 0 aromatic carbocycles. The molecular formula is C57H102O6. The predicted molar refractivity (Wildman–Crippen MR) is 270 cm³/mol. The molecule has 0 spiro atoms. The Morgan fingerprint density at radius 2 is 0.587 bits per heavy atom. The Balaban J connectivity index is 4.37. The summed E-state index contributed by atoms with van der Waals surface area (Å²) in [5, 5.41) is 0. The van der Waals surface area contributed by atoms with E-state index in [1.807, 2.05) is 0 Å². The topological polar surface area (TPSA) is 78.9 Å². The van der Waals surface area contributed by atoms with Crippen LogP contribution in [0.1, 0.15) is 278 Å². The third-order valence-electron chi connectivity index (χ3n) is 11.8. The second kappa shape index (κ2) is 52.0. The van der Waals surface area contributed by atoms with E-state index in [-0.39, 0.29) is 31.1 Å². The van der Waals surface area contributed by atoms with Crippen LogP contribution in [0.5, 0.6) is 0 Å². The first-order chi connectivity index (χ1) is 31.0. The lowest BCUT2D eigenvalue weighted by molar-refractivity contribution is -0.167. The fourth-order valence-corrected chi connectivity index (χ4v) is 7.62. The van der Waals surface area contributed by atoms with Crippen molar-refractivity contribution in [2.75, 3.05) is 13.2 Å². The van der Waals surface area contributed by atoms with Gasteiger partial charge in [0, 0.05) is 19.3 Å². The summed E-state index contributed by atoms with van der Waals surface area (Å²) < 4.78 is 16.8. The molecule has 0 aliphatic carbocycles. The summed E-state index contributed by atoms with van der Waals surface area (Å²) >= 11 is 0. The van der Waals surface area contributed by atoms with Crippen LogP contribution in [0.15, 0.2) is 48.6 Å². The number of hydrogen-bond acceptors (Lipinski definition) is 6. The van der Waals surface area contributed by atoms with Crippen LogP contribution < -0.4 is 0 Å². The summed E-state index contributed by atoms with van der Waals surface area (Å²) in [5.41, 5.74) is 0. The van der Waals surface area contributed by atoms with Crippen LogP contribution in [0.2, 0.25) is 0 Å². The zero-order chi connectivity index (χ0) is 45.8. The number of hydrogen-bond donors (Lipinski definition) is 0. The summed E-state index contributed by atoms with van der Waals surface area (Å²) in [6.07, 6.45) is 62.3. The molecule has 0 bridgehead atoms. The highest BCUT2D eigenvalue weighted by atomic mass is 16.6. The summed E-state index contributed by atoms with van der Waals surface area (Å²) in [5.74, 6) is -0.902. The van der Waals surface area contributed by atoms with Crippen LogP contribution >= 0.6 is 0 Å². The molecule has 0 radical (unpaired) electrons. The summed E-state index contributed by atoms with van der Waals surface area (Å²) in [4.78, 5) is 38.0. The maximum Gasteiger partial charge on any atom is 0.306 e. The van der Waals surface area contributed by atoms with Gasteiger partial charge in [0.05, 0.1) is 0 Å². The van der Waals surface area contributed by atoms with Gasteiger partial charge in [0.15, 0.2) is 6.10 Å². The lowest BCUT2D eigenvalue weighted by Gasteiger charge is -2.18. The van der Waals surface area contributed by atoms with E-state index in [1.165, 1.54) is 148 Å². The minimum atomic E-state index is -0.784. The smallest absolute Gasteiger partial charge is 0.306 e. The van der Waals surface area contributed by atoms with Gasteiger partial charge in [-0.1, -0.05) is 211 Å². The molecule has 0 rings (SSSR count). The van der Waals surface area contributed by atoms with Crippen LogP contribution in [0.3, 0.4) is 0 Å². The average Bonchev–Trinajstić information content (AvgIpc) is 3.28. The van der Waals surface area contributed by atoms with Crippen molar-refractivity contribution in [3.8, 4) is 0 Å². The lowest BCUT2D eigenvalue weighted by Crippen LogP contribution is -2.30. The number of unbranched alkanes of at least 4 members (excludes halogenated alkanes) is 30. The molecule has 366 valence electrons. The number of rotatable bonds is 49. The number of carbonyl (C=O) groups excluding carboxylic acids is 3. The lowest BCUT2D eigenvalue weighted by atomic mass is 10.1. The van der Waals surface area contributed by atoms with Crippen molar-refractivity contribution in [2.24, 2.45) is 0 Å². The molecule has 0 N–H and O–H groups in total. The molecule has 63 heavy (non-hydrogen) atoms. The maximum atomic E-state index is 12.8. The quantitative estimate of drug-likeness (QED) is 0.0262. The molecule has 0 heterocycles. The summed E-state index contributed by atoms with van der Waals surface area (Å²) in [6, 6.07) is 0. The number of carbonyl (C=O) groups is 3. The van der Waals surface area contributed by atoms with Gasteiger partial charge in [0.25, 0.3) is 0 Å². The second-order valence-electron chi connectivity index (χ2n) is 18.1. The van der Waals surface area contributed by atoms with E-state index in [2.05, 4.69) is 69.4 Å². The fourth-order valence-electron chi connectivity index (χ4n) is 7.62. The first kappa shape index (κ1) is 60.4. The van der Waals surface area contributed by atoms with Crippen molar-refractivity contribution < 1.29 is 28.6 Å². The standard InChI is InChI=1S/C57H102O6/c1-4-7-10-13-16-19-22-25-27-28-29-30-33-35-38-41-44-47-50-56(59)62-53-54(52-61-55(58)49-46-43-40-37-34-31-24-21-18-15-12-9-6-3)63-57(60)51-48-45-42-39-36-32-26-23-20-17-14-11-8-5-2/h14,17,21,23-24,26-28,54H,4-13,15-16,18-20,22,25,29-53H2,1-3H3/b17-14-,24-21-,26-23-,28-27-. The minimum absolute atomic E-state index is 0.0828. The van der Waals surface area contributed by atoms with Gasteiger partial charge in [0.1, 0.15) is 13.2 Å². The molecule has 0 saturated heterocycles. The summed E-state index contributed by atoms with van der Waals surface area (Å²) in [6.45, 7) is 6.58. The van der Waals surface area contributed by atoms with Crippen molar-refractivity contribution in [2.45, 2.75) is 284 Å². The highest BCUT2D eigenvalue weighted by Gasteiger charge is 2.19. The van der Waals surface area contributed by atoms with Crippen molar-refractivity contribution in [3.63, 3.8) is 0 Å². The third kappa shape index (κ3) is 50.2. The van der Waals surface area contributed by atoms with E-state index >= 15 is 0 Å². The Bertz CT molecular complexity index is 1110. The van der Waals surface area contributed by atoms with E-state index in [0.717, 1.165) is 89.9 Å². The van der Waals surface area contributed by atoms with Crippen LogP contribution in [-0.2, 0) is 28.6 Å². The molecule has 1 unspecified atom stereocenters. The van der Waals surface area contributed by atoms with Crippen LogP contribution in [-0.4, -0.2) is 37.2 Å². The molecular weight excluding hydrogens is 781 g/mol. The third-order valence-corrected chi connectivity index (χ3v) is 11.8. The van der Waals surface area contributed by atoms with Gasteiger partial charge in [-0.3, -0.25) is 14.4 Å². The van der Waals surface area contributed by atoms with Crippen molar-refractivity contribution in [3.05, 3.63) is 48.6 Å². The fraction of sp³-hybridized carbons (Fsp3) is 0.807. The predicted octanol–water partition coefficient (Wildman–Crippen LogP) is 17.9. The minimum Gasteiger partial charge on any atom is -0.462 e. The van der Waals surface area contributed by atoms with Gasteiger partial charge in [-0.2, -0.15) is 0 Å². The number of allylic oxidation sites excluding steroid dienone is 8. The van der Waals surface area contributed by atoms with Crippen molar-refractivity contribution >= 4 is 17.9 Å². The zero-order valence-corrected chi connectivity index (χ0v) is 41.8. The van der Waals surface area contributed by atoms with Crippen LogP contribution in [0.4, 0.5) is 0 Å². The van der Waals surface area contributed by atoms with Gasteiger partial charge in [-0.25, -0.2) is 0 Å². The second-order valence-corrected chi connectivity index (χ2v) is 18.1. The zero-order valence-electron chi connectivity index (χ0n) is 41.8. The van der Waals surface area contributed by atoms with Gasteiger partial charge in [0.2, 0.25) is 0 Å². The molecule has 6 heteroatoms. The van der Waals surface area contributed by atoms with E-state index < -0.39 is 6.10 Å².